The smallest absolute Gasteiger partial charge is 0.000966 e. The molecule has 0 N–H and O–H groups in total. The molecule has 0 radical (unpaired) electrons. The zero-order chi connectivity index (χ0) is 7.68. The minimum Gasteiger partial charge on any atom is -0.303 e. The highest BCUT2D eigenvalue weighted by Crippen LogP contribution is 2.37. The predicted molar refractivity (Wildman–Crippen MR) is 47.6 cm³/mol. The molecule has 1 aliphatic carbocycles. The van der Waals surface area contributed by atoms with Crippen molar-refractivity contribution >= 4 is 0 Å². The molecule has 0 amide bonds. The van der Waals surface area contributed by atoms with Gasteiger partial charge in [0, 0.05) is 6.54 Å². The SMILES string of the molecule is C[C@@H](CN1CCCC1)C1CC1. The molecule has 0 aromatic heterocycles. The van der Waals surface area contributed by atoms with Crippen molar-refractivity contribution in [2.24, 2.45) is 11.8 Å². The third-order valence-corrected chi connectivity index (χ3v) is 3.17. The molecular weight excluding hydrogens is 134 g/mol. The fourth-order valence-corrected chi connectivity index (χ4v) is 2.19. The lowest BCUT2D eigenvalue weighted by Crippen LogP contribution is -2.26. The summed E-state index contributed by atoms with van der Waals surface area (Å²) in [7, 11) is 0. The van der Waals surface area contributed by atoms with Crippen LogP contribution in [0.15, 0.2) is 0 Å². The molecule has 0 aromatic carbocycles. The Hall–Kier alpha value is -0.0400. The Balaban J connectivity index is 1.70. The van der Waals surface area contributed by atoms with Crippen LogP contribution in [0.25, 0.3) is 0 Å². The quantitative estimate of drug-likeness (QED) is 0.600. The van der Waals surface area contributed by atoms with Gasteiger partial charge in [-0.05, 0) is 50.6 Å². The molecule has 0 bridgehead atoms. The van der Waals surface area contributed by atoms with Gasteiger partial charge < -0.3 is 4.90 Å². The highest BCUT2D eigenvalue weighted by molar-refractivity contribution is 4.81. The Morgan fingerprint density at radius 1 is 1.27 bits per heavy atom. The molecule has 1 saturated carbocycles. The van der Waals surface area contributed by atoms with Crippen LogP contribution < -0.4 is 0 Å². The van der Waals surface area contributed by atoms with Crippen molar-refractivity contribution in [3.63, 3.8) is 0 Å². The Morgan fingerprint density at radius 3 is 2.45 bits per heavy atom. The Labute approximate surface area is 69.8 Å². The lowest BCUT2D eigenvalue weighted by atomic mass is 10.1. The minimum absolute atomic E-state index is 0.980. The molecule has 1 heteroatoms. The molecule has 1 nitrogen and oxygen atoms in total. The fourth-order valence-electron chi connectivity index (χ4n) is 2.19. The second kappa shape index (κ2) is 3.14. The van der Waals surface area contributed by atoms with Crippen molar-refractivity contribution in [2.75, 3.05) is 19.6 Å². The topological polar surface area (TPSA) is 3.24 Å². The van der Waals surface area contributed by atoms with Gasteiger partial charge in [-0.15, -0.1) is 0 Å². The van der Waals surface area contributed by atoms with Gasteiger partial charge in [0.1, 0.15) is 0 Å². The van der Waals surface area contributed by atoms with E-state index in [4.69, 9.17) is 0 Å². The molecule has 0 spiro atoms. The van der Waals surface area contributed by atoms with Gasteiger partial charge >= 0.3 is 0 Å². The van der Waals surface area contributed by atoms with Crippen molar-refractivity contribution in [2.45, 2.75) is 32.6 Å². The molecule has 2 rings (SSSR count). The monoisotopic (exact) mass is 153 g/mol. The van der Waals surface area contributed by atoms with Crippen LogP contribution in [0.3, 0.4) is 0 Å². The maximum absolute atomic E-state index is 2.64. The van der Waals surface area contributed by atoms with E-state index in [0.717, 1.165) is 11.8 Å². The van der Waals surface area contributed by atoms with E-state index < -0.39 is 0 Å². The van der Waals surface area contributed by atoms with Crippen LogP contribution in [0.5, 0.6) is 0 Å². The van der Waals surface area contributed by atoms with E-state index >= 15 is 0 Å². The average molecular weight is 153 g/mol. The molecule has 11 heavy (non-hydrogen) atoms. The summed E-state index contributed by atoms with van der Waals surface area (Å²) in [6.07, 6.45) is 5.90. The standard InChI is InChI=1S/C10H19N/c1-9(10-4-5-10)8-11-6-2-3-7-11/h9-10H,2-8H2,1H3/t9-/m0/s1. The Bertz CT molecular complexity index is 123. The highest BCUT2D eigenvalue weighted by atomic mass is 15.1. The van der Waals surface area contributed by atoms with Gasteiger partial charge in [-0.1, -0.05) is 6.92 Å². The lowest BCUT2D eigenvalue weighted by molar-refractivity contribution is 0.272. The second-order valence-corrected chi connectivity index (χ2v) is 4.32. The van der Waals surface area contributed by atoms with Gasteiger partial charge in [-0.2, -0.15) is 0 Å². The van der Waals surface area contributed by atoms with Crippen LogP contribution in [-0.2, 0) is 0 Å². The molecular formula is C10H19N. The number of rotatable bonds is 3. The minimum atomic E-state index is 0.980. The largest absolute Gasteiger partial charge is 0.303 e. The van der Waals surface area contributed by atoms with E-state index in [-0.39, 0.29) is 0 Å². The van der Waals surface area contributed by atoms with Gasteiger partial charge in [0.2, 0.25) is 0 Å². The zero-order valence-corrected chi connectivity index (χ0v) is 7.55. The fraction of sp³-hybridized carbons (Fsp3) is 1.00. The number of nitrogens with zero attached hydrogens (tertiary/aromatic N) is 1. The van der Waals surface area contributed by atoms with Crippen LogP contribution in [0.4, 0.5) is 0 Å². The molecule has 0 unspecified atom stereocenters. The molecule has 2 aliphatic rings. The molecule has 1 heterocycles. The summed E-state index contributed by atoms with van der Waals surface area (Å²) in [5.41, 5.74) is 0. The maximum atomic E-state index is 2.64. The highest BCUT2D eigenvalue weighted by Gasteiger charge is 2.29. The van der Waals surface area contributed by atoms with Crippen LogP contribution in [0.1, 0.15) is 32.6 Å². The van der Waals surface area contributed by atoms with Gasteiger partial charge in [-0.25, -0.2) is 0 Å². The number of hydrogen-bond donors (Lipinski definition) is 0. The second-order valence-electron chi connectivity index (χ2n) is 4.32. The van der Waals surface area contributed by atoms with Crippen LogP contribution >= 0.6 is 0 Å². The molecule has 1 atom stereocenters. The first-order valence-electron chi connectivity index (χ1n) is 5.08. The normalized spacial score (nSPS) is 29.2. The third-order valence-electron chi connectivity index (χ3n) is 3.17. The summed E-state index contributed by atoms with van der Waals surface area (Å²) in [4.78, 5) is 2.64. The van der Waals surface area contributed by atoms with Crippen molar-refractivity contribution in [3.8, 4) is 0 Å². The van der Waals surface area contributed by atoms with Crippen molar-refractivity contribution in [1.82, 2.24) is 4.90 Å². The Kier molecular flexibility index (Phi) is 2.17. The summed E-state index contributed by atoms with van der Waals surface area (Å²) in [6.45, 7) is 6.55. The first-order chi connectivity index (χ1) is 5.36. The van der Waals surface area contributed by atoms with E-state index in [1.807, 2.05) is 0 Å². The zero-order valence-electron chi connectivity index (χ0n) is 7.55. The Morgan fingerprint density at radius 2 is 1.91 bits per heavy atom. The lowest BCUT2D eigenvalue weighted by Gasteiger charge is -2.19. The van der Waals surface area contributed by atoms with E-state index in [2.05, 4.69) is 11.8 Å². The maximum Gasteiger partial charge on any atom is 0.000966 e. The van der Waals surface area contributed by atoms with E-state index in [1.165, 1.54) is 45.3 Å². The van der Waals surface area contributed by atoms with Gasteiger partial charge in [0.05, 0.1) is 0 Å². The number of likely N-dealkylation sites (tertiary alicyclic amines) is 1. The summed E-state index contributed by atoms with van der Waals surface area (Å²) >= 11 is 0. The summed E-state index contributed by atoms with van der Waals surface area (Å²) < 4.78 is 0. The van der Waals surface area contributed by atoms with E-state index in [9.17, 15) is 0 Å². The van der Waals surface area contributed by atoms with Gasteiger partial charge in [0.25, 0.3) is 0 Å². The van der Waals surface area contributed by atoms with Gasteiger partial charge in [0.15, 0.2) is 0 Å². The first kappa shape index (κ1) is 7.60. The van der Waals surface area contributed by atoms with Gasteiger partial charge in [-0.3, -0.25) is 0 Å². The van der Waals surface area contributed by atoms with Crippen molar-refractivity contribution in [1.29, 1.82) is 0 Å². The van der Waals surface area contributed by atoms with Crippen molar-refractivity contribution in [3.05, 3.63) is 0 Å². The molecule has 64 valence electrons. The third kappa shape index (κ3) is 1.96. The summed E-state index contributed by atoms with van der Waals surface area (Å²) in [5.74, 6) is 2.07. The number of hydrogen-bond acceptors (Lipinski definition) is 1. The summed E-state index contributed by atoms with van der Waals surface area (Å²) in [6, 6.07) is 0. The summed E-state index contributed by atoms with van der Waals surface area (Å²) in [5, 5.41) is 0. The van der Waals surface area contributed by atoms with E-state index in [1.54, 1.807) is 0 Å². The molecule has 2 fully saturated rings. The van der Waals surface area contributed by atoms with Crippen LogP contribution in [-0.4, -0.2) is 24.5 Å². The molecule has 0 aromatic rings. The predicted octanol–water partition coefficient (Wildman–Crippen LogP) is 2.13. The first-order valence-corrected chi connectivity index (χ1v) is 5.08. The average Bonchev–Trinajstić information content (AvgIpc) is 2.73. The van der Waals surface area contributed by atoms with E-state index in [0.29, 0.717) is 0 Å². The molecule has 1 aliphatic heterocycles. The van der Waals surface area contributed by atoms with Crippen LogP contribution in [0.2, 0.25) is 0 Å². The molecule has 1 saturated heterocycles. The van der Waals surface area contributed by atoms with Crippen LogP contribution in [0, 0.1) is 11.8 Å². The van der Waals surface area contributed by atoms with Crippen molar-refractivity contribution < 1.29 is 0 Å².